The Bertz CT molecular complexity index is 322. The van der Waals surface area contributed by atoms with Crippen LogP contribution >= 0.6 is 12.4 Å². The van der Waals surface area contributed by atoms with Gasteiger partial charge < -0.3 is 5.11 Å². The topological polar surface area (TPSA) is 37.3 Å². The first kappa shape index (κ1) is 13.9. The number of aliphatic carboxylic acids is 1. The van der Waals surface area contributed by atoms with Gasteiger partial charge in [-0.15, -0.1) is 12.4 Å². The van der Waals surface area contributed by atoms with Crippen molar-refractivity contribution < 1.29 is 14.3 Å². The number of hydrogen-bond acceptors (Lipinski definition) is 1. The fourth-order valence-electron chi connectivity index (χ4n) is 1.48. The van der Waals surface area contributed by atoms with Crippen molar-refractivity contribution in [1.29, 1.82) is 0 Å². The molecule has 4 heteroatoms. The van der Waals surface area contributed by atoms with Gasteiger partial charge in [0.25, 0.3) is 0 Å². The Hall–Kier alpha value is -1.09. The molecule has 0 heterocycles. The van der Waals surface area contributed by atoms with Crippen LogP contribution < -0.4 is 0 Å². The first-order valence-electron chi connectivity index (χ1n) is 4.50. The normalized spacial score (nSPS) is 12.0. The molecule has 0 amide bonds. The molecule has 15 heavy (non-hydrogen) atoms. The predicted molar refractivity (Wildman–Crippen MR) is 58.9 cm³/mol. The van der Waals surface area contributed by atoms with Crippen LogP contribution in [0.5, 0.6) is 0 Å². The lowest BCUT2D eigenvalue weighted by Gasteiger charge is -2.16. The monoisotopic (exact) mass is 232 g/mol. The van der Waals surface area contributed by atoms with Crippen LogP contribution in [0.3, 0.4) is 0 Å². The maximum absolute atomic E-state index is 12.6. The fraction of sp³-hybridized carbons (Fsp3) is 0.364. The zero-order valence-electron chi connectivity index (χ0n) is 8.61. The van der Waals surface area contributed by atoms with Crippen molar-refractivity contribution in [2.75, 3.05) is 0 Å². The molecule has 0 radical (unpaired) electrons. The highest BCUT2D eigenvalue weighted by atomic mass is 35.5. The summed E-state index contributed by atoms with van der Waals surface area (Å²) in [5.41, 5.74) is 0.647. The van der Waals surface area contributed by atoms with Gasteiger partial charge in [0.1, 0.15) is 5.82 Å². The Labute approximate surface area is 94.5 Å². The second-order valence-corrected chi connectivity index (χ2v) is 3.61. The molecule has 84 valence electrons. The van der Waals surface area contributed by atoms with E-state index in [1.165, 1.54) is 24.3 Å². The van der Waals surface area contributed by atoms with Crippen molar-refractivity contribution in [1.82, 2.24) is 0 Å². The molecule has 0 aliphatic rings. The molecule has 1 rings (SSSR count). The number of carboxylic acid groups (broad SMARTS) is 1. The summed E-state index contributed by atoms with van der Waals surface area (Å²) >= 11 is 0. The molecular formula is C11H14ClFO2. The molecule has 1 aromatic carbocycles. The number of carboxylic acids is 1. The van der Waals surface area contributed by atoms with Gasteiger partial charge >= 0.3 is 5.97 Å². The smallest absolute Gasteiger partial charge is 0.311 e. The summed E-state index contributed by atoms with van der Waals surface area (Å²) in [4.78, 5) is 10.9. The summed E-state index contributed by atoms with van der Waals surface area (Å²) in [5, 5.41) is 8.97. The fourth-order valence-corrected chi connectivity index (χ4v) is 1.48. The minimum absolute atomic E-state index is 0. The van der Waals surface area contributed by atoms with E-state index in [9.17, 15) is 9.18 Å². The SMILES string of the molecule is CC(C)C(C(=O)O)c1ccc(F)cc1.Cl. The number of carbonyl (C=O) groups is 1. The van der Waals surface area contributed by atoms with Crippen LogP contribution in [0.4, 0.5) is 4.39 Å². The zero-order valence-corrected chi connectivity index (χ0v) is 9.42. The second-order valence-electron chi connectivity index (χ2n) is 3.61. The molecule has 2 nitrogen and oxygen atoms in total. The van der Waals surface area contributed by atoms with Crippen LogP contribution in [0.25, 0.3) is 0 Å². The molecule has 0 aromatic heterocycles. The van der Waals surface area contributed by atoms with Crippen LogP contribution in [0.1, 0.15) is 25.3 Å². The standard InChI is InChI=1S/C11H13FO2.ClH/c1-7(2)10(11(13)14)8-3-5-9(12)6-4-8;/h3-7,10H,1-2H3,(H,13,14);1H. The minimum atomic E-state index is -0.869. The summed E-state index contributed by atoms with van der Waals surface area (Å²) in [7, 11) is 0. The van der Waals surface area contributed by atoms with Crippen molar-refractivity contribution in [2.45, 2.75) is 19.8 Å². The van der Waals surface area contributed by atoms with E-state index < -0.39 is 11.9 Å². The molecule has 0 saturated heterocycles. The van der Waals surface area contributed by atoms with E-state index in [0.29, 0.717) is 5.56 Å². The van der Waals surface area contributed by atoms with Crippen LogP contribution in [-0.2, 0) is 4.79 Å². The number of hydrogen-bond donors (Lipinski definition) is 1. The summed E-state index contributed by atoms with van der Waals surface area (Å²) in [6.07, 6.45) is 0. The largest absolute Gasteiger partial charge is 0.481 e. The van der Waals surface area contributed by atoms with Crippen molar-refractivity contribution in [3.8, 4) is 0 Å². The summed E-state index contributed by atoms with van der Waals surface area (Å²) in [6.45, 7) is 3.67. The predicted octanol–water partition coefficient (Wildman–Crippen LogP) is 3.07. The highest BCUT2D eigenvalue weighted by Crippen LogP contribution is 2.24. The van der Waals surface area contributed by atoms with Crippen molar-refractivity contribution in [3.63, 3.8) is 0 Å². The molecular weight excluding hydrogens is 219 g/mol. The number of rotatable bonds is 3. The molecule has 0 saturated carbocycles. The molecule has 1 atom stereocenters. The first-order valence-corrected chi connectivity index (χ1v) is 4.50. The van der Waals surface area contributed by atoms with Gasteiger partial charge in [-0.05, 0) is 23.6 Å². The Morgan fingerprint density at radius 2 is 1.73 bits per heavy atom. The van der Waals surface area contributed by atoms with Crippen molar-refractivity contribution >= 4 is 18.4 Å². The molecule has 1 unspecified atom stereocenters. The maximum atomic E-state index is 12.6. The van der Waals surface area contributed by atoms with E-state index in [1.54, 1.807) is 0 Å². The highest BCUT2D eigenvalue weighted by molar-refractivity contribution is 5.85. The van der Waals surface area contributed by atoms with Gasteiger partial charge in [-0.1, -0.05) is 26.0 Å². The van der Waals surface area contributed by atoms with Gasteiger partial charge in [0.15, 0.2) is 0 Å². The average Bonchev–Trinajstić information content (AvgIpc) is 2.07. The molecule has 0 aliphatic heterocycles. The van der Waals surface area contributed by atoms with Gasteiger partial charge in [0.2, 0.25) is 0 Å². The summed E-state index contributed by atoms with van der Waals surface area (Å²) in [6, 6.07) is 5.61. The number of halogens is 2. The van der Waals surface area contributed by atoms with E-state index >= 15 is 0 Å². The zero-order chi connectivity index (χ0) is 10.7. The maximum Gasteiger partial charge on any atom is 0.311 e. The first-order chi connectivity index (χ1) is 6.52. The van der Waals surface area contributed by atoms with Gasteiger partial charge in [-0.3, -0.25) is 4.79 Å². The van der Waals surface area contributed by atoms with Gasteiger partial charge in [-0.2, -0.15) is 0 Å². The van der Waals surface area contributed by atoms with Crippen LogP contribution in [-0.4, -0.2) is 11.1 Å². The van der Waals surface area contributed by atoms with Crippen LogP contribution in [0, 0.1) is 11.7 Å². The van der Waals surface area contributed by atoms with E-state index in [1.807, 2.05) is 13.8 Å². The van der Waals surface area contributed by atoms with E-state index in [2.05, 4.69) is 0 Å². The third-order valence-electron chi connectivity index (χ3n) is 2.16. The Balaban J connectivity index is 0.00000196. The molecule has 1 aromatic rings. The Morgan fingerprint density at radius 3 is 2.07 bits per heavy atom. The molecule has 0 aliphatic carbocycles. The second kappa shape index (κ2) is 5.71. The molecule has 1 N–H and O–H groups in total. The van der Waals surface area contributed by atoms with E-state index in [4.69, 9.17) is 5.11 Å². The molecule has 0 spiro atoms. The Kier molecular flexibility index (Phi) is 5.29. The minimum Gasteiger partial charge on any atom is -0.481 e. The molecule has 0 bridgehead atoms. The lowest BCUT2D eigenvalue weighted by atomic mass is 9.89. The number of benzene rings is 1. The van der Waals surface area contributed by atoms with E-state index in [0.717, 1.165) is 0 Å². The molecule has 0 fully saturated rings. The third-order valence-corrected chi connectivity index (χ3v) is 2.16. The van der Waals surface area contributed by atoms with Gasteiger partial charge in [0.05, 0.1) is 5.92 Å². The average molecular weight is 233 g/mol. The lowest BCUT2D eigenvalue weighted by Crippen LogP contribution is -2.17. The summed E-state index contributed by atoms with van der Waals surface area (Å²) < 4.78 is 12.6. The van der Waals surface area contributed by atoms with Crippen molar-refractivity contribution in [2.24, 2.45) is 5.92 Å². The third kappa shape index (κ3) is 3.51. The summed E-state index contributed by atoms with van der Waals surface area (Å²) in [5.74, 6) is -1.78. The highest BCUT2D eigenvalue weighted by Gasteiger charge is 2.23. The van der Waals surface area contributed by atoms with E-state index in [-0.39, 0.29) is 24.1 Å². The van der Waals surface area contributed by atoms with Crippen LogP contribution in [0.2, 0.25) is 0 Å². The quantitative estimate of drug-likeness (QED) is 0.870. The van der Waals surface area contributed by atoms with Gasteiger partial charge in [0, 0.05) is 0 Å². The lowest BCUT2D eigenvalue weighted by molar-refractivity contribution is -0.139. The van der Waals surface area contributed by atoms with Crippen molar-refractivity contribution in [3.05, 3.63) is 35.6 Å². The van der Waals surface area contributed by atoms with Gasteiger partial charge in [-0.25, -0.2) is 4.39 Å². The Morgan fingerprint density at radius 1 is 1.27 bits per heavy atom. The van der Waals surface area contributed by atoms with Crippen LogP contribution in [0.15, 0.2) is 24.3 Å².